The summed E-state index contributed by atoms with van der Waals surface area (Å²) in [4.78, 5) is 40.8. The molecule has 0 unspecified atom stereocenters. The molecule has 1 amide bonds. The van der Waals surface area contributed by atoms with Crippen LogP contribution in [0.25, 0.3) is 6.08 Å². The lowest BCUT2D eigenvalue weighted by Crippen LogP contribution is -2.27. The van der Waals surface area contributed by atoms with Crippen molar-refractivity contribution in [2.24, 2.45) is 0 Å². The van der Waals surface area contributed by atoms with Gasteiger partial charge in [0.15, 0.2) is 6.61 Å². The van der Waals surface area contributed by atoms with E-state index < -0.39 is 5.97 Å². The normalized spacial score (nSPS) is 13.9. The number of benzene rings is 1. The number of H-pyrrole nitrogens is 1. The molecule has 0 saturated carbocycles. The smallest absolute Gasteiger partial charge is 0.331 e. The van der Waals surface area contributed by atoms with Crippen LogP contribution in [0.1, 0.15) is 44.8 Å². The van der Waals surface area contributed by atoms with E-state index in [1.165, 1.54) is 18.3 Å². The first kappa shape index (κ1) is 18.6. The number of carbonyl (C=O) groups is 3. The largest absolute Gasteiger partial charge is 0.454 e. The van der Waals surface area contributed by atoms with Crippen molar-refractivity contribution in [1.82, 2.24) is 9.88 Å². The van der Waals surface area contributed by atoms with Crippen molar-refractivity contribution in [1.29, 1.82) is 0 Å². The van der Waals surface area contributed by atoms with Gasteiger partial charge in [0.2, 0.25) is 5.78 Å². The van der Waals surface area contributed by atoms with Crippen LogP contribution in [-0.2, 0) is 9.53 Å². The molecule has 0 spiro atoms. The number of likely N-dealkylation sites (tertiary alicyclic amines) is 1. The third-order valence-corrected chi connectivity index (χ3v) is 4.46. The highest BCUT2D eigenvalue weighted by Gasteiger charge is 2.21. The number of amides is 1. The fourth-order valence-electron chi connectivity index (χ4n) is 2.88. The van der Waals surface area contributed by atoms with Gasteiger partial charge in [-0.3, -0.25) is 9.59 Å². The Hall–Kier alpha value is -3.15. The number of hydrogen-bond acceptors (Lipinski definition) is 4. The van der Waals surface area contributed by atoms with Crippen LogP contribution >= 0.6 is 0 Å². The van der Waals surface area contributed by atoms with Crippen molar-refractivity contribution < 1.29 is 19.1 Å². The van der Waals surface area contributed by atoms with Crippen molar-refractivity contribution in [2.75, 3.05) is 19.7 Å². The number of nitrogens with one attached hydrogen (secondary N) is 1. The molecule has 1 N–H and O–H groups in total. The molecule has 6 nitrogen and oxygen atoms in total. The molecule has 3 rings (SSSR count). The summed E-state index contributed by atoms with van der Waals surface area (Å²) in [7, 11) is 0. The van der Waals surface area contributed by atoms with Gasteiger partial charge in [-0.2, -0.15) is 0 Å². The second-order valence-electron chi connectivity index (χ2n) is 6.58. The fraction of sp³-hybridized carbons (Fsp3) is 0.286. The monoisotopic (exact) mass is 366 g/mol. The molecule has 1 aromatic heterocycles. The number of aromatic nitrogens is 1. The molecule has 1 saturated heterocycles. The van der Waals surface area contributed by atoms with Gasteiger partial charge in [-0.15, -0.1) is 0 Å². The lowest BCUT2D eigenvalue weighted by molar-refractivity contribution is -0.136. The van der Waals surface area contributed by atoms with E-state index in [0.29, 0.717) is 11.3 Å². The summed E-state index contributed by atoms with van der Waals surface area (Å²) in [5.41, 5.74) is 2.72. The molecule has 1 fully saturated rings. The molecule has 0 radical (unpaired) electrons. The summed E-state index contributed by atoms with van der Waals surface area (Å²) < 4.78 is 4.99. The molecule has 2 aromatic rings. The van der Waals surface area contributed by atoms with E-state index in [0.717, 1.165) is 37.1 Å². The quantitative estimate of drug-likeness (QED) is 0.484. The lowest BCUT2D eigenvalue weighted by atomic mass is 10.1. The van der Waals surface area contributed by atoms with Gasteiger partial charge in [0, 0.05) is 30.9 Å². The van der Waals surface area contributed by atoms with E-state index in [9.17, 15) is 14.4 Å². The zero-order valence-corrected chi connectivity index (χ0v) is 15.2. The molecular weight excluding hydrogens is 344 g/mol. The SMILES string of the molecule is Cc1ccc(/C=C/C(=O)OCC(=O)c2c[nH]c(C(=O)N3CCCC3)c2)cc1. The molecule has 1 aliphatic heterocycles. The number of rotatable bonds is 6. The van der Waals surface area contributed by atoms with Crippen molar-refractivity contribution in [3.63, 3.8) is 0 Å². The number of Topliss-reactive ketones (excluding diaryl/α,β-unsaturated/α-hetero) is 1. The molecule has 1 aliphatic rings. The van der Waals surface area contributed by atoms with Crippen molar-refractivity contribution >= 4 is 23.7 Å². The van der Waals surface area contributed by atoms with Crippen LogP contribution in [0.2, 0.25) is 0 Å². The second kappa shape index (κ2) is 8.49. The van der Waals surface area contributed by atoms with E-state index in [1.54, 1.807) is 11.0 Å². The Kier molecular flexibility index (Phi) is 5.86. The Morgan fingerprint density at radius 3 is 2.56 bits per heavy atom. The van der Waals surface area contributed by atoms with Crippen LogP contribution in [0, 0.1) is 6.92 Å². The summed E-state index contributed by atoms with van der Waals surface area (Å²) in [5, 5.41) is 0. The van der Waals surface area contributed by atoms with Crippen LogP contribution in [0.5, 0.6) is 0 Å². The predicted molar refractivity (Wildman–Crippen MR) is 101 cm³/mol. The van der Waals surface area contributed by atoms with Crippen LogP contribution < -0.4 is 0 Å². The minimum atomic E-state index is -0.590. The molecule has 1 aromatic carbocycles. The van der Waals surface area contributed by atoms with Gasteiger partial charge in [-0.25, -0.2) is 4.79 Å². The number of aromatic amines is 1. The van der Waals surface area contributed by atoms with E-state index in [4.69, 9.17) is 4.74 Å². The van der Waals surface area contributed by atoms with Gasteiger partial charge in [0.05, 0.1) is 0 Å². The average molecular weight is 366 g/mol. The number of ether oxygens (including phenoxy) is 1. The zero-order chi connectivity index (χ0) is 19.2. The van der Waals surface area contributed by atoms with E-state index >= 15 is 0 Å². The lowest BCUT2D eigenvalue weighted by Gasteiger charge is -2.13. The standard InChI is InChI=1S/C21H22N2O4/c1-15-4-6-16(7-5-15)8-9-20(25)27-14-19(24)17-12-18(22-13-17)21(26)23-10-2-3-11-23/h4-9,12-13,22H,2-3,10-11,14H2,1H3/b9-8+. The molecule has 0 atom stereocenters. The summed E-state index contributed by atoms with van der Waals surface area (Å²) >= 11 is 0. The Morgan fingerprint density at radius 1 is 1.15 bits per heavy atom. The molecular formula is C21H22N2O4. The van der Waals surface area contributed by atoms with Gasteiger partial charge in [0.1, 0.15) is 5.69 Å². The number of aryl methyl sites for hydroxylation is 1. The van der Waals surface area contributed by atoms with Crippen molar-refractivity contribution in [3.8, 4) is 0 Å². The van der Waals surface area contributed by atoms with E-state index in [1.807, 2.05) is 31.2 Å². The highest BCUT2D eigenvalue weighted by Crippen LogP contribution is 2.13. The molecule has 140 valence electrons. The Morgan fingerprint density at radius 2 is 1.85 bits per heavy atom. The Labute approximate surface area is 157 Å². The Bertz CT molecular complexity index is 859. The number of hydrogen-bond donors (Lipinski definition) is 1. The van der Waals surface area contributed by atoms with Crippen molar-refractivity contribution in [3.05, 3.63) is 65.0 Å². The van der Waals surface area contributed by atoms with Gasteiger partial charge in [-0.05, 0) is 37.5 Å². The number of ketones is 1. The Balaban J connectivity index is 1.51. The third-order valence-electron chi connectivity index (χ3n) is 4.46. The second-order valence-corrected chi connectivity index (χ2v) is 6.58. The number of nitrogens with zero attached hydrogens (tertiary/aromatic N) is 1. The predicted octanol–water partition coefficient (Wildman–Crippen LogP) is 3.00. The summed E-state index contributed by atoms with van der Waals surface area (Å²) in [6.07, 6.45) is 6.41. The molecule has 2 heterocycles. The zero-order valence-electron chi connectivity index (χ0n) is 15.2. The van der Waals surface area contributed by atoms with Gasteiger partial charge in [0.25, 0.3) is 5.91 Å². The van der Waals surface area contributed by atoms with Crippen LogP contribution in [0.15, 0.2) is 42.6 Å². The minimum Gasteiger partial charge on any atom is -0.454 e. The third kappa shape index (κ3) is 4.94. The minimum absolute atomic E-state index is 0.107. The molecule has 0 aliphatic carbocycles. The summed E-state index contributed by atoms with van der Waals surface area (Å²) in [5.74, 6) is -1.05. The maximum Gasteiger partial charge on any atom is 0.331 e. The highest BCUT2D eigenvalue weighted by molar-refractivity contribution is 6.01. The topological polar surface area (TPSA) is 79.5 Å². The van der Waals surface area contributed by atoms with Gasteiger partial charge in [-0.1, -0.05) is 29.8 Å². The van der Waals surface area contributed by atoms with Gasteiger partial charge < -0.3 is 14.6 Å². The average Bonchev–Trinajstić information content (AvgIpc) is 3.37. The molecule has 6 heteroatoms. The van der Waals surface area contributed by atoms with Crippen molar-refractivity contribution in [2.45, 2.75) is 19.8 Å². The van der Waals surface area contributed by atoms with Crippen LogP contribution in [-0.4, -0.2) is 47.2 Å². The first-order valence-electron chi connectivity index (χ1n) is 8.95. The maximum absolute atomic E-state index is 12.3. The van der Waals surface area contributed by atoms with E-state index in [-0.39, 0.29) is 18.3 Å². The van der Waals surface area contributed by atoms with Crippen LogP contribution in [0.4, 0.5) is 0 Å². The number of carbonyl (C=O) groups excluding carboxylic acids is 3. The van der Waals surface area contributed by atoms with Crippen LogP contribution in [0.3, 0.4) is 0 Å². The summed E-state index contributed by atoms with van der Waals surface area (Å²) in [6.45, 7) is 3.10. The molecule has 0 bridgehead atoms. The first-order chi connectivity index (χ1) is 13.0. The maximum atomic E-state index is 12.3. The van der Waals surface area contributed by atoms with Gasteiger partial charge >= 0.3 is 5.97 Å². The first-order valence-corrected chi connectivity index (χ1v) is 8.95. The van der Waals surface area contributed by atoms with E-state index in [2.05, 4.69) is 4.98 Å². The molecule has 27 heavy (non-hydrogen) atoms. The highest BCUT2D eigenvalue weighted by atomic mass is 16.5. The number of esters is 1. The summed E-state index contributed by atoms with van der Waals surface area (Å²) in [6, 6.07) is 9.19. The fourth-order valence-corrected chi connectivity index (χ4v) is 2.88.